The summed E-state index contributed by atoms with van der Waals surface area (Å²) in [6.45, 7) is 0.225. The Morgan fingerprint density at radius 2 is 2.16 bits per heavy atom. The number of allylic oxidation sites excluding steroid dienone is 2. The molecule has 5 rings (SSSR count). The molecule has 1 aromatic carbocycles. The number of nitrogens with two attached hydrogens (primary N) is 1. The summed E-state index contributed by atoms with van der Waals surface area (Å²) < 4.78 is 4.04. The Labute approximate surface area is 178 Å². The molecular formula is C20H18N8O2S. The van der Waals surface area contributed by atoms with Crippen molar-refractivity contribution in [2.75, 3.05) is 0 Å². The van der Waals surface area contributed by atoms with Crippen molar-refractivity contribution in [2.45, 2.75) is 13.0 Å². The van der Waals surface area contributed by atoms with Gasteiger partial charge in [-0.25, -0.2) is 14.5 Å². The number of aromatic amines is 2. The zero-order valence-electron chi connectivity index (χ0n) is 16.5. The standard InChI is InChI=1S/C20H18N8O2S/c1-27-16-12(17-18(27)25-14(31-17)7-11(22)5-6-21)8-23-28(19(16)29)9-10-3-2-4-13-15(10)26-20(30)24-13/h2-6,8,21H,7,9,22H2,1H3,(H2,24,26,30). The maximum Gasteiger partial charge on any atom is 0.323 e. The molecule has 0 bridgehead atoms. The van der Waals surface area contributed by atoms with Crippen molar-refractivity contribution in [3.8, 4) is 0 Å². The Balaban J connectivity index is 1.60. The zero-order chi connectivity index (χ0) is 21.7. The maximum atomic E-state index is 13.2. The lowest BCUT2D eigenvalue weighted by Crippen LogP contribution is -2.24. The molecule has 5 N–H and O–H groups in total. The number of hydrogen-bond acceptors (Lipinski definition) is 7. The van der Waals surface area contributed by atoms with Crippen molar-refractivity contribution in [1.82, 2.24) is 29.3 Å². The Morgan fingerprint density at radius 3 is 2.97 bits per heavy atom. The van der Waals surface area contributed by atoms with Crippen molar-refractivity contribution in [2.24, 2.45) is 12.8 Å². The van der Waals surface area contributed by atoms with Crippen molar-refractivity contribution >= 4 is 49.8 Å². The van der Waals surface area contributed by atoms with Gasteiger partial charge in [-0.1, -0.05) is 12.1 Å². The number of imidazole rings is 1. The van der Waals surface area contributed by atoms with Crippen LogP contribution >= 0.6 is 11.3 Å². The van der Waals surface area contributed by atoms with Gasteiger partial charge in [0.2, 0.25) is 0 Å². The molecule has 4 aromatic heterocycles. The normalized spacial score (nSPS) is 12.4. The average molecular weight is 434 g/mol. The molecule has 0 spiro atoms. The van der Waals surface area contributed by atoms with Crippen molar-refractivity contribution in [3.05, 3.63) is 67.6 Å². The number of hydrogen-bond donors (Lipinski definition) is 4. The number of benzene rings is 1. The van der Waals surface area contributed by atoms with Crippen LogP contribution in [0.25, 0.3) is 32.3 Å². The lowest BCUT2D eigenvalue weighted by molar-refractivity contribution is 0.646. The second kappa shape index (κ2) is 7.06. The van der Waals surface area contributed by atoms with E-state index in [2.05, 4.69) is 20.1 Å². The molecule has 31 heavy (non-hydrogen) atoms. The van der Waals surface area contributed by atoms with E-state index in [0.717, 1.165) is 26.9 Å². The number of fused-ring (bicyclic) bond motifs is 4. The van der Waals surface area contributed by atoms with E-state index in [1.165, 1.54) is 22.1 Å². The number of H-pyrrole nitrogens is 2. The molecular weight excluding hydrogens is 416 g/mol. The summed E-state index contributed by atoms with van der Waals surface area (Å²) in [6, 6.07) is 5.48. The van der Waals surface area contributed by atoms with Gasteiger partial charge in [0.25, 0.3) is 5.56 Å². The summed E-state index contributed by atoms with van der Waals surface area (Å²) in [7, 11) is 1.81. The molecule has 0 unspecified atom stereocenters. The quantitative estimate of drug-likeness (QED) is 0.310. The minimum atomic E-state index is -0.293. The van der Waals surface area contributed by atoms with Crippen LogP contribution in [0.5, 0.6) is 0 Å². The van der Waals surface area contributed by atoms with E-state index in [4.69, 9.17) is 11.1 Å². The van der Waals surface area contributed by atoms with E-state index >= 15 is 0 Å². The first-order valence-corrected chi connectivity index (χ1v) is 10.3. The smallest absolute Gasteiger partial charge is 0.323 e. The number of thiazole rings is 1. The van der Waals surface area contributed by atoms with Crippen molar-refractivity contribution in [3.63, 3.8) is 0 Å². The van der Waals surface area contributed by atoms with Crippen LogP contribution in [-0.4, -0.2) is 35.5 Å². The van der Waals surface area contributed by atoms with Crippen LogP contribution in [0.3, 0.4) is 0 Å². The first-order chi connectivity index (χ1) is 15.0. The Bertz CT molecular complexity index is 1630. The van der Waals surface area contributed by atoms with Crippen LogP contribution in [0.2, 0.25) is 0 Å². The van der Waals surface area contributed by atoms with Crippen molar-refractivity contribution in [1.29, 1.82) is 5.41 Å². The van der Waals surface area contributed by atoms with Gasteiger partial charge in [-0.2, -0.15) is 5.10 Å². The minimum Gasteiger partial charge on any atom is -0.402 e. The SMILES string of the molecule is Cn1c2nc(CC(N)=CC=N)sc2c2cnn(Cc3cccc4[nH]c(=O)[nH]c34)c(=O)c21. The monoisotopic (exact) mass is 434 g/mol. The van der Waals surface area contributed by atoms with Crippen LogP contribution in [0, 0.1) is 5.41 Å². The van der Waals surface area contributed by atoms with Gasteiger partial charge < -0.3 is 25.7 Å². The summed E-state index contributed by atoms with van der Waals surface area (Å²) >= 11 is 1.47. The van der Waals surface area contributed by atoms with Crippen LogP contribution in [0.4, 0.5) is 0 Å². The number of nitrogens with one attached hydrogen (secondary N) is 3. The molecule has 0 saturated heterocycles. The van der Waals surface area contributed by atoms with Gasteiger partial charge in [-0.3, -0.25) is 4.79 Å². The predicted molar refractivity (Wildman–Crippen MR) is 121 cm³/mol. The highest BCUT2D eigenvalue weighted by molar-refractivity contribution is 7.19. The first-order valence-electron chi connectivity index (χ1n) is 9.45. The summed E-state index contributed by atoms with van der Waals surface area (Å²) in [4.78, 5) is 35.0. The zero-order valence-corrected chi connectivity index (χ0v) is 17.3. The molecule has 0 amide bonds. The fourth-order valence-corrected chi connectivity index (χ4v) is 4.91. The number of nitrogens with zero attached hydrogens (tertiary/aromatic N) is 4. The van der Waals surface area contributed by atoms with E-state index in [0.29, 0.717) is 34.3 Å². The van der Waals surface area contributed by atoms with Gasteiger partial charge in [0.05, 0.1) is 28.5 Å². The molecule has 0 fully saturated rings. The number of aromatic nitrogens is 6. The lowest BCUT2D eigenvalue weighted by atomic mass is 10.2. The van der Waals surface area contributed by atoms with Gasteiger partial charge in [0, 0.05) is 30.8 Å². The van der Waals surface area contributed by atoms with Gasteiger partial charge >= 0.3 is 5.69 Å². The second-order valence-electron chi connectivity index (χ2n) is 7.19. The first kappa shape index (κ1) is 19.0. The molecule has 0 aliphatic rings. The van der Waals surface area contributed by atoms with E-state index in [9.17, 15) is 9.59 Å². The average Bonchev–Trinajstić information content (AvgIpc) is 3.38. The highest BCUT2D eigenvalue weighted by Gasteiger charge is 2.19. The molecule has 4 heterocycles. The van der Waals surface area contributed by atoms with Gasteiger partial charge in [0.15, 0.2) is 5.65 Å². The molecule has 10 nitrogen and oxygen atoms in total. The Morgan fingerprint density at radius 1 is 1.32 bits per heavy atom. The number of aryl methyl sites for hydroxylation is 1. The van der Waals surface area contributed by atoms with Crippen LogP contribution in [-0.2, 0) is 20.0 Å². The fourth-order valence-electron chi connectivity index (χ4n) is 3.77. The van der Waals surface area contributed by atoms with E-state index in [1.54, 1.807) is 23.9 Å². The summed E-state index contributed by atoms with van der Waals surface area (Å²) in [5, 5.41) is 13.1. The summed E-state index contributed by atoms with van der Waals surface area (Å²) in [5.41, 5.74) is 9.28. The summed E-state index contributed by atoms with van der Waals surface area (Å²) in [5.74, 6) is 0. The number of rotatable bonds is 5. The second-order valence-corrected chi connectivity index (χ2v) is 8.28. The van der Waals surface area contributed by atoms with Gasteiger partial charge in [-0.15, -0.1) is 11.3 Å². The highest BCUT2D eigenvalue weighted by atomic mass is 32.1. The minimum absolute atomic E-state index is 0.225. The molecule has 0 aliphatic heterocycles. The van der Waals surface area contributed by atoms with Gasteiger partial charge in [-0.05, 0) is 17.7 Å². The maximum absolute atomic E-state index is 13.2. The van der Waals surface area contributed by atoms with Crippen LogP contribution in [0.1, 0.15) is 10.6 Å². The Hall–Kier alpha value is -3.99. The Kier molecular flexibility index (Phi) is 4.33. The highest BCUT2D eigenvalue weighted by Crippen LogP contribution is 2.31. The third-order valence-electron chi connectivity index (χ3n) is 5.18. The number of para-hydroxylation sites is 1. The molecule has 11 heteroatoms. The van der Waals surface area contributed by atoms with E-state index in [1.807, 2.05) is 12.1 Å². The van der Waals surface area contributed by atoms with Crippen LogP contribution < -0.4 is 17.0 Å². The molecule has 0 aliphatic carbocycles. The van der Waals surface area contributed by atoms with E-state index in [-0.39, 0.29) is 17.8 Å². The lowest BCUT2D eigenvalue weighted by Gasteiger charge is -2.07. The molecule has 5 aromatic rings. The van der Waals surface area contributed by atoms with E-state index < -0.39 is 0 Å². The molecule has 0 atom stereocenters. The summed E-state index contributed by atoms with van der Waals surface area (Å²) in [6.07, 6.45) is 4.80. The topological polar surface area (TPSA) is 151 Å². The molecule has 0 radical (unpaired) electrons. The third-order valence-corrected chi connectivity index (χ3v) is 6.26. The molecule has 156 valence electrons. The third kappa shape index (κ3) is 3.06. The predicted octanol–water partition coefficient (Wildman–Crippen LogP) is 1.60. The van der Waals surface area contributed by atoms with Crippen molar-refractivity contribution < 1.29 is 0 Å². The van der Waals surface area contributed by atoms with Crippen LogP contribution in [0.15, 0.2) is 45.8 Å². The fraction of sp³-hybridized carbons (Fsp3) is 0.150. The molecule has 0 saturated carbocycles. The largest absolute Gasteiger partial charge is 0.402 e. The van der Waals surface area contributed by atoms with Gasteiger partial charge in [0.1, 0.15) is 10.5 Å².